The van der Waals surface area contributed by atoms with E-state index in [0.29, 0.717) is 16.4 Å². The van der Waals surface area contributed by atoms with Crippen LogP contribution in [0.25, 0.3) is 5.65 Å². The Morgan fingerprint density at radius 2 is 1.94 bits per heavy atom. The van der Waals surface area contributed by atoms with Crippen molar-refractivity contribution in [1.82, 2.24) is 9.38 Å². The number of aryl methyl sites for hydroxylation is 2. The van der Waals surface area contributed by atoms with E-state index in [1.54, 1.807) is 4.40 Å². The molecule has 3 nitrogen and oxygen atoms in total. The molecule has 2 rings (SSSR count). The number of fused-ring (bicyclic) bond motifs is 1. The minimum Gasteiger partial charge on any atom is -0.268 e. The zero-order valence-corrected chi connectivity index (χ0v) is 11.2. The molecule has 2 aromatic heterocycles. The number of rotatable bonds is 1. The summed E-state index contributed by atoms with van der Waals surface area (Å²) in [6.45, 7) is 7.77. The van der Waals surface area contributed by atoms with Gasteiger partial charge in [0.15, 0.2) is 0 Å². The third-order valence-electron chi connectivity index (χ3n) is 2.82. The maximum absolute atomic E-state index is 12.4. The fourth-order valence-corrected chi connectivity index (χ4v) is 2.47. The highest BCUT2D eigenvalue weighted by Gasteiger charge is 2.15. The van der Waals surface area contributed by atoms with Crippen LogP contribution in [0.15, 0.2) is 16.9 Å². The van der Waals surface area contributed by atoms with E-state index in [9.17, 15) is 4.79 Å². The Bertz CT molecular complexity index is 644. The molecular weight excluding hydrogens is 236 g/mol. The van der Waals surface area contributed by atoms with Crippen LogP contribution < -0.4 is 5.56 Å². The van der Waals surface area contributed by atoms with Gasteiger partial charge in [-0.05, 0) is 37.5 Å². The lowest BCUT2D eigenvalue weighted by atomic mass is 10.1. The number of hydrogen-bond donors (Lipinski definition) is 0. The monoisotopic (exact) mass is 250 g/mol. The second-order valence-electron chi connectivity index (χ2n) is 4.64. The van der Waals surface area contributed by atoms with Gasteiger partial charge in [0.2, 0.25) is 0 Å². The molecule has 0 spiro atoms. The highest BCUT2D eigenvalue weighted by Crippen LogP contribution is 2.20. The van der Waals surface area contributed by atoms with Crippen LogP contribution in [0.1, 0.15) is 36.6 Å². The summed E-state index contributed by atoms with van der Waals surface area (Å²) in [7, 11) is 0. The van der Waals surface area contributed by atoms with Gasteiger partial charge >= 0.3 is 0 Å². The molecule has 0 N–H and O–H groups in total. The molecule has 4 heteroatoms. The highest BCUT2D eigenvalue weighted by atomic mass is 35.5. The minimum atomic E-state index is -0.0625. The number of pyridine rings is 1. The molecule has 0 bridgehead atoms. The molecule has 0 aliphatic rings. The van der Waals surface area contributed by atoms with E-state index in [2.05, 4.69) is 4.98 Å². The summed E-state index contributed by atoms with van der Waals surface area (Å²) >= 11 is 6.08. The third-order valence-corrected chi connectivity index (χ3v) is 3.11. The molecular formula is C13H15ClN2O. The first kappa shape index (κ1) is 12.1. The van der Waals surface area contributed by atoms with Gasteiger partial charge in [0.1, 0.15) is 10.8 Å². The average molecular weight is 251 g/mol. The molecule has 2 aromatic rings. The molecule has 0 saturated heterocycles. The van der Waals surface area contributed by atoms with Crippen molar-refractivity contribution < 1.29 is 0 Å². The lowest BCUT2D eigenvalue weighted by molar-refractivity contribution is 0.815. The standard InChI is InChI=1S/C13H15ClN2O/c1-7(2)11-12(14)15-10-6-8(3)5-9(4)16(10)13(11)17/h5-7H,1-4H3. The summed E-state index contributed by atoms with van der Waals surface area (Å²) in [6, 6.07) is 3.83. The summed E-state index contributed by atoms with van der Waals surface area (Å²) in [5.41, 5.74) is 3.09. The molecule has 0 radical (unpaired) electrons. The maximum atomic E-state index is 12.4. The van der Waals surface area contributed by atoms with Crippen molar-refractivity contribution in [3.63, 3.8) is 0 Å². The molecule has 0 aromatic carbocycles. The number of hydrogen-bond acceptors (Lipinski definition) is 2. The first-order chi connectivity index (χ1) is 7.91. The van der Waals surface area contributed by atoms with Gasteiger partial charge in [-0.15, -0.1) is 0 Å². The van der Waals surface area contributed by atoms with E-state index in [1.165, 1.54) is 0 Å². The summed E-state index contributed by atoms with van der Waals surface area (Å²) in [6.07, 6.45) is 0. The van der Waals surface area contributed by atoms with Crippen molar-refractivity contribution >= 4 is 17.2 Å². The first-order valence-electron chi connectivity index (χ1n) is 5.61. The summed E-state index contributed by atoms with van der Waals surface area (Å²) in [4.78, 5) is 16.7. The molecule has 0 aliphatic heterocycles. The van der Waals surface area contributed by atoms with Crippen molar-refractivity contribution in [1.29, 1.82) is 0 Å². The van der Waals surface area contributed by atoms with E-state index >= 15 is 0 Å². The van der Waals surface area contributed by atoms with Gasteiger partial charge in [-0.3, -0.25) is 9.20 Å². The molecule has 0 amide bonds. The molecule has 2 heterocycles. The quantitative estimate of drug-likeness (QED) is 0.729. The van der Waals surface area contributed by atoms with E-state index < -0.39 is 0 Å². The normalized spacial score (nSPS) is 11.4. The van der Waals surface area contributed by atoms with Gasteiger partial charge in [0, 0.05) is 5.69 Å². The largest absolute Gasteiger partial charge is 0.268 e. The predicted molar refractivity (Wildman–Crippen MR) is 70.0 cm³/mol. The lowest BCUT2D eigenvalue weighted by Gasteiger charge is -2.11. The van der Waals surface area contributed by atoms with Gasteiger partial charge in [-0.1, -0.05) is 25.4 Å². The van der Waals surface area contributed by atoms with Crippen LogP contribution in [0.3, 0.4) is 0 Å². The second-order valence-corrected chi connectivity index (χ2v) is 5.00. The Morgan fingerprint density at radius 1 is 1.29 bits per heavy atom. The molecule has 0 atom stereocenters. The van der Waals surface area contributed by atoms with Crippen molar-refractivity contribution in [3.05, 3.63) is 44.5 Å². The molecule has 0 saturated carbocycles. The Balaban J connectivity index is 2.98. The average Bonchev–Trinajstić information content (AvgIpc) is 2.13. The smallest absolute Gasteiger partial charge is 0.263 e. The van der Waals surface area contributed by atoms with Crippen molar-refractivity contribution in [2.75, 3.05) is 0 Å². The topological polar surface area (TPSA) is 34.4 Å². The summed E-state index contributed by atoms with van der Waals surface area (Å²) < 4.78 is 1.62. The van der Waals surface area contributed by atoms with Crippen LogP contribution >= 0.6 is 11.6 Å². The SMILES string of the molecule is Cc1cc(C)n2c(=O)c(C(C)C)c(Cl)nc2c1. The predicted octanol–water partition coefficient (Wildman–Crippen LogP) is 3.09. The third kappa shape index (κ3) is 1.95. The van der Waals surface area contributed by atoms with Crippen LogP contribution in [0.4, 0.5) is 0 Å². The molecule has 17 heavy (non-hydrogen) atoms. The van der Waals surface area contributed by atoms with E-state index in [0.717, 1.165) is 11.3 Å². The maximum Gasteiger partial charge on any atom is 0.263 e. The second kappa shape index (κ2) is 4.15. The fourth-order valence-electron chi connectivity index (χ4n) is 2.09. The Hall–Kier alpha value is -1.35. The Labute approximate surface area is 105 Å². The number of halogens is 1. The van der Waals surface area contributed by atoms with E-state index in [1.807, 2.05) is 39.8 Å². The van der Waals surface area contributed by atoms with Gasteiger partial charge < -0.3 is 0 Å². The van der Waals surface area contributed by atoms with Crippen molar-refractivity contribution in [2.24, 2.45) is 0 Å². The van der Waals surface area contributed by atoms with Crippen LogP contribution in [0, 0.1) is 13.8 Å². The Morgan fingerprint density at radius 3 is 2.53 bits per heavy atom. The van der Waals surface area contributed by atoms with E-state index in [-0.39, 0.29) is 11.5 Å². The molecule has 90 valence electrons. The van der Waals surface area contributed by atoms with Crippen LogP contribution in [-0.4, -0.2) is 9.38 Å². The van der Waals surface area contributed by atoms with Gasteiger partial charge in [0.25, 0.3) is 5.56 Å². The van der Waals surface area contributed by atoms with Crippen LogP contribution in [0.2, 0.25) is 5.15 Å². The highest BCUT2D eigenvalue weighted by molar-refractivity contribution is 6.30. The zero-order valence-electron chi connectivity index (χ0n) is 10.4. The van der Waals surface area contributed by atoms with Crippen molar-refractivity contribution in [3.8, 4) is 0 Å². The minimum absolute atomic E-state index is 0.0625. The number of aromatic nitrogens is 2. The van der Waals surface area contributed by atoms with Crippen LogP contribution in [0.5, 0.6) is 0 Å². The lowest BCUT2D eigenvalue weighted by Crippen LogP contribution is -2.23. The summed E-state index contributed by atoms with van der Waals surface area (Å²) in [5, 5.41) is 0.315. The van der Waals surface area contributed by atoms with E-state index in [4.69, 9.17) is 11.6 Å². The Kier molecular flexibility index (Phi) is 2.96. The van der Waals surface area contributed by atoms with Crippen molar-refractivity contribution in [2.45, 2.75) is 33.6 Å². The first-order valence-corrected chi connectivity index (χ1v) is 5.99. The fraction of sp³-hybridized carbons (Fsp3) is 0.385. The molecule has 0 aliphatic carbocycles. The molecule has 0 fully saturated rings. The summed E-state index contributed by atoms with van der Waals surface area (Å²) in [5.74, 6) is 0.0695. The molecule has 0 unspecified atom stereocenters. The number of nitrogens with zero attached hydrogens (tertiary/aromatic N) is 2. The zero-order chi connectivity index (χ0) is 12.7. The van der Waals surface area contributed by atoms with Gasteiger partial charge in [-0.25, -0.2) is 4.98 Å². The van der Waals surface area contributed by atoms with Gasteiger partial charge in [0.05, 0.1) is 5.56 Å². The van der Waals surface area contributed by atoms with Crippen LogP contribution in [-0.2, 0) is 0 Å². The van der Waals surface area contributed by atoms with Gasteiger partial charge in [-0.2, -0.15) is 0 Å².